The zero-order valence-corrected chi connectivity index (χ0v) is 13.0. The van der Waals surface area contributed by atoms with Gasteiger partial charge in [0.25, 0.3) is 0 Å². The molecule has 2 aliphatic carbocycles. The van der Waals surface area contributed by atoms with E-state index in [4.69, 9.17) is 4.74 Å². The molecule has 3 atom stereocenters. The van der Waals surface area contributed by atoms with Crippen molar-refractivity contribution in [3.8, 4) is 5.75 Å². The Labute approximate surface area is 122 Å². The number of fused-ring (bicyclic) bond motifs is 1. The van der Waals surface area contributed by atoms with Gasteiger partial charge in [0.15, 0.2) is 0 Å². The number of likely N-dealkylation sites (N-methyl/N-ethyl adjacent to an activating group) is 2. The van der Waals surface area contributed by atoms with E-state index in [0.29, 0.717) is 18.1 Å². The van der Waals surface area contributed by atoms with Crippen molar-refractivity contribution in [2.45, 2.75) is 44.3 Å². The Morgan fingerprint density at radius 1 is 1.35 bits per heavy atom. The summed E-state index contributed by atoms with van der Waals surface area (Å²) in [5, 5.41) is 3.52. The SMILES string of the molecule is CNC1c2cc(OC)ccc2CC1N(C)C(C)C1CC1. The van der Waals surface area contributed by atoms with Crippen LogP contribution in [-0.2, 0) is 6.42 Å². The average molecular weight is 274 g/mol. The maximum absolute atomic E-state index is 5.38. The summed E-state index contributed by atoms with van der Waals surface area (Å²) in [5.74, 6) is 1.87. The summed E-state index contributed by atoms with van der Waals surface area (Å²) in [4.78, 5) is 2.59. The predicted molar refractivity (Wildman–Crippen MR) is 82.2 cm³/mol. The summed E-state index contributed by atoms with van der Waals surface area (Å²) in [5.41, 5.74) is 2.87. The maximum Gasteiger partial charge on any atom is 0.119 e. The molecule has 20 heavy (non-hydrogen) atoms. The van der Waals surface area contributed by atoms with Gasteiger partial charge in [-0.2, -0.15) is 0 Å². The highest BCUT2D eigenvalue weighted by Crippen LogP contribution is 2.40. The molecule has 0 spiro atoms. The van der Waals surface area contributed by atoms with Crippen molar-refractivity contribution >= 4 is 0 Å². The van der Waals surface area contributed by atoms with Gasteiger partial charge in [0.2, 0.25) is 0 Å². The summed E-state index contributed by atoms with van der Waals surface area (Å²) in [6.45, 7) is 2.38. The zero-order valence-electron chi connectivity index (χ0n) is 13.0. The molecule has 3 rings (SSSR count). The molecule has 0 saturated heterocycles. The van der Waals surface area contributed by atoms with Crippen molar-refractivity contribution in [1.29, 1.82) is 0 Å². The lowest BCUT2D eigenvalue weighted by atomic mass is 10.0. The molecular formula is C17H26N2O. The number of methoxy groups -OCH3 is 1. The minimum atomic E-state index is 0.409. The summed E-state index contributed by atoms with van der Waals surface area (Å²) in [7, 11) is 6.10. The van der Waals surface area contributed by atoms with Crippen molar-refractivity contribution in [3.63, 3.8) is 0 Å². The van der Waals surface area contributed by atoms with Crippen LogP contribution in [0.2, 0.25) is 0 Å². The van der Waals surface area contributed by atoms with Gasteiger partial charge in [-0.3, -0.25) is 4.90 Å². The number of benzene rings is 1. The van der Waals surface area contributed by atoms with Crippen molar-refractivity contribution in [2.75, 3.05) is 21.2 Å². The minimum Gasteiger partial charge on any atom is -0.497 e. The van der Waals surface area contributed by atoms with Gasteiger partial charge in [-0.15, -0.1) is 0 Å². The van der Waals surface area contributed by atoms with Gasteiger partial charge in [-0.1, -0.05) is 6.07 Å². The second-order valence-corrected chi connectivity index (χ2v) is 6.35. The number of hydrogen-bond donors (Lipinski definition) is 1. The van der Waals surface area contributed by atoms with E-state index in [0.717, 1.165) is 18.1 Å². The van der Waals surface area contributed by atoms with Gasteiger partial charge in [-0.05, 0) is 69.5 Å². The van der Waals surface area contributed by atoms with Gasteiger partial charge in [0.05, 0.1) is 7.11 Å². The van der Waals surface area contributed by atoms with Crippen LogP contribution in [0.4, 0.5) is 0 Å². The first kappa shape index (κ1) is 13.9. The Morgan fingerprint density at radius 2 is 2.10 bits per heavy atom. The van der Waals surface area contributed by atoms with Crippen molar-refractivity contribution in [1.82, 2.24) is 10.2 Å². The number of hydrogen-bond acceptors (Lipinski definition) is 3. The zero-order chi connectivity index (χ0) is 14.3. The molecule has 1 aromatic rings. The molecule has 110 valence electrons. The van der Waals surface area contributed by atoms with E-state index >= 15 is 0 Å². The molecule has 2 aliphatic rings. The van der Waals surface area contributed by atoms with Crippen LogP contribution in [0.1, 0.15) is 36.9 Å². The van der Waals surface area contributed by atoms with E-state index in [9.17, 15) is 0 Å². The topological polar surface area (TPSA) is 24.5 Å². The Morgan fingerprint density at radius 3 is 2.70 bits per heavy atom. The lowest BCUT2D eigenvalue weighted by molar-refractivity contribution is 0.144. The van der Waals surface area contributed by atoms with E-state index in [2.05, 4.69) is 49.4 Å². The summed E-state index contributed by atoms with van der Waals surface area (Å²) < 4.78 is 5.38. The monoisotopic (exact) mass is 274 g/mol. The molecule has 0 amide bonds. The molecule has 0 bridgehead atoms. The molecule has 0 heterocycles. The molecule has 1 aromatic carbocycles. The number of nitrogens with zero attached hydrogens (tertiary/aromatic N) is 1. The fourth-order valence-electron chi connectivity index (χ4n) is 3.67. The molecule has 3 nitrogen and oxygen atoms in total. The van der Waals surface area contributed by atoms with Crippen molar-refractivity contribution in [2.24, 2.45) is 5.92 Å². The number of rotatable bonds is 5. The van der Waals surface area contributed by atoms with E-state index in [1.165, 1.54) is 24.0 Å². The molecular weight excluding hydrogens is 248 g/mol. The Bertz CT molecular complexity index is 484. The fraction of sp³-hybridized carbons (Fsp3) is 0.647. The van der Waals surface area contributed by atoms with Crippen LogP contribution in [0.15, 0.2) is 18.2 Å². The van der Waals surface area contributed by atoms with Gasteiger partial charge >= 0.3 is 0 Å². The molecule has 1 fully saturated rings. The normalized spacial score (nSPS) is 26.6. The first-order chi connectivity index (χ1) is 9.65. The van der Waals surface area contributed by atoms with E-state index < -0.39 is 0 Å². The molecule has 3 unspecified atom stereocenters. The summed E-state index contributed by atoms with van der Waals surface area (Å²) >= 11 is 0. The van der Waals surface area contributed by atoms with E-state index in [1.54, 1.807) is 7.11 Å². The largest absolute Gasteiger partial charge is 0.497 e. The van der Waals surface area contributed by atoms with Crippen LogP contribution in [0, 0.1) is 5.92 Å². The second kappa shape index (κ2) is 5.38. The molecule has 0 aromatic heterocycles. The Balaban J connectivity index is 1.84. The smallest absolute Gasteiger partial charge is 0.119 e. The lowest BCUT2D eigenvalue weighted by Crippen LogP contribution is -2.45. The van der Waals surface area contributed by atoms with Gasteiger partial charge < -0.3 is 10.1 Å². The average Bonchev–Trinajstić information content (AvgIpc) is 3.25. The minimum absolute atomic E-state index is 0.409. The lowest BCUT2D eigenvalue weighted by Gasteiger charge is -2.34. The van der Waals surface area contributed by atoms with Crippen LogP contribution < -0.4 is 10.1 Å². The highest BCUT2D eigenvalue weighted by molar-refractivity contribution is 5.42. The molecule has 0 aliphatic heterocycles. The van der Waals surface area contributed by atoms with Crippen LogP contribution in [0.25, 0.3) is 0 Å². The highest BCUT2D eigenvalue weighted by Gasteiger charge is 2.39. The predicted octanol–water partition coefficient (Wildman–Crippen LogP) is 2.61. The van der Waals surface area contributed by atoms with Gasteiger partial charge in [-0.25, -0.2) is 0 Å². The molecule has 3 heteroatoms. The van der Waals surface area contributed by atoms with Crippen molar-refractivity contribution in [3.05, 3.63) is 29.3 Å². The summed E-state index contributed by atoms with van der Waals surface area (Å²) in [6, 6.07) is 8.16. The van der Waals surface area contributed by atoms with Gasteiger partial charge in [0, 0.05) is 18.1 Å². The fourth-order valence-corrected chi connectivity index (χ4v) is 3.67. The molecule has 1 saturated carbocycles. The first-order valence-electron chi connectivity index (χ1n) is 7.71. The third kappa shape index (κ3) is 2.33. The quantitative estimate of drug-likeness (QED) is 0.893. The number of ether oxygens (including phenoxy) is 1. The third-order valence-corrected chi connectivity index (χ3v) is 5.28. The standard InChI is InChI=1S/C17H26N2O/c1-11(12-5-6-12)19(3)16-9-13-7-8-14(20-4)10-15(13)17(16)18-2/h7-8,10-12,16-18H,5-6,9H2,1-4H3. The number of nitrogens with one attached hydrogen (secondary N) is 1. The van der Waals surface area contributed by atoms with Crippen LogP contribution in [0.3, 0.4) is 0 Å². The highest BCUT2D eigenvalue weighted by atomic mass is 16.5. The van der Waals surface area contributed by atoms with Crippen molar-refractivity contribution < 1.29 is 4.74 Å². The molecule has 1 N–H and O–H groups in total. The Kier molecular flexibility index (Phi) is 3.74. The van der Waals surface area contributed by atoms with E-state index in [-0.39, 0.29) is 0 Å². The van der Waals surface area contributed by atoms with Gasteiger partial charge in [0.1, 0.15) is 5.75 Å². The maximum atomic E-state index is 5.38. The van der Waals surface area contributed by atoms with Crippen LogP contribution in [-0.4, -0.2) is 38.2 Å². The summed E-state index contributed by atoms with van der Waals surface area (Å²) in [6.07, 6.45) is 3.95. The second-order valence-electron chi connectivity index (χ2n) is 6.35. The van der Waals surface area contributed by atoms with E-state index in [1.807, 2.05) is 0 Å². The van der Waals surface area contributed by atoms with Crippen LogP contribution >= 0.6 is 0 Å². The van der Waals surface area contributed by atoms with Crippen LogP contribution in [0.5, 0.6) is 5.75 Å². The first-order valence-corrected chi connectivity index (χ1v) is 7.71. The molecule has 0 radical (unpaired) electrons. The third-order valence-electron chi connectivity index (χ3n) is 5.28. The Hall–Kier alpha value is -1.06.